The highest BCUT2D eigenvalue weighted by Crippen LogP contribution is 2.26. The van der Waals surface area contributed by atoms with Gasteiger partial charge in [0.15, 0.2) is 0 Å². The third-order valence-electron chi connectivity index (χ3n) is 5.60. The Morgan fingerprint density at radius 3 is 2.76 bits per heavy atom. The second-order valence-electron chi connectivity index (χ2n) is 8.22. The normalized spacial score (nSPS) is 19.1. The summed E-state index contributed by atoms with van der Waals surface area (Å²) in [6, 6.07) is 2.98. The third kappa shape index (κ3) is 4.91. The summed E-state index contributed by atoms with van der Waals surface area (Å²) in [6.45, 7) is 3.50. The van der Waals surface area contributed by atoms with Crippen LogP contribution < -0.4 is 5.32 Å². The van der Waals surface area contributed by atoms with E-state index in [1.165, 1.54) is 23.6 Å². The van der Waals surface area contributed by atoms with E-state index in [-0.39, 0.29) is 36.9 Å². The number of carbonyl (C=O) groups is 2. The molecule has 3 aromatic heterocycles. The maximum Gasteiger partial charge on any atom is 0.243 e. The lowest BCUT2D eigenvalue weighted by atomic mass is 10.0. The van der Waals surface area contributed by atoms with Gasteiger partial charge in [-0.05, 0) is 18.1 Å². The molecule has 1 aliphatic rings. The van der Waals surface area contributed by atoms with Crippen molar-refractivity contribution in [3.63, 3.8) is 0 Å². The predicted molar refractivity (Wildman–Crippen MR) is 112 cm³/mol. The number of nitrogens with zero attached hydrogens (tertiary/aromatic N) is 4. The van der Waals surface area contributed by atoms with Crippen molar-refractivity contribution in [1.82, 2.24) is 30.4 Å². The molecule has 9 nitrogen and oxygen atoms in total. The molecule has 0 aromatic carbocycles. The Bertz CT molecular complexity index is 1100. The van der Waals surface area contributed by atoms with Crippen LogP contribution in [0.2, 0.25) is 0 Å². The van der Waals surface area contributed by atoms with Crippen molar-refractivity contribution in [3.8, 4) is 0 Å². The number of aromatic amines is 1. The average molecular weight is 458 g/mol. The van der Waals surface area contributed by atoms with E-state index in [0.717, 1.165) is 0 Å². The molecule has 0 saturated carbocycles. The first kappa shape index (κ1) is 22.6. The van der Waals surface area contributed by atoms with Gasteiger partial charge in [0.25, 0.3) is 0 Å². The van der Waals surface area contributed by atoms with E-state index in [2.05, 4.69) is 25.5 Å². The van der Waals surface area contributed by atoms with Gasteiger partial charge in [0.05, 0.1) is 24.1 Å². The highest BCUT2D eigenvalue weighted by atomic mass is 19.1. The number of alkyl halides is 1. The number of amides is 2. The minimum Gasteiger partial charge on any atom is -0.448 e. The number of hydrogen-bond acceptors (Lipinski definition) is 6. The van der Waals surface area contributed by atoms with Gasteiger partial charge in [-0.25, -0.2) is 14.4 Å². The second kappa shape index (κ2) is 9.47. The number of aromatic nitrogens is 4. The summed E-state index contributed by atoms with van der Waals surface area (Å²) in [5.41, 5.74) is 1.18. The van der Waals surface area contributed by atoms with Crippen LogP contribution in [0, 0.1) is 5.95 Å². The summed E-state index contributed by atoms with van der Waals surface area (Å²) in [7, 11) is 0. The zero-order valence-corrected chi connectivity index (χ0v) is 18.2. The van der Waals surface area contributed by atoms with Gasteiger partial charge in [-0.15, -0.1) is 0 Å². The molecule has 0 spiro atoms. The van der Waals surface area contributed by atoms with Gasteiger partial charge >= 0.3 is 0 Å². The van der Waals surface area contributed by atoms with Gasteiger partial charge in [-0.1, -0.05) is 19.9 Å². The predicted octanol–water partition coefficient (Wildman–Crippen LogP) is 2.44. The molecule has 1 saturated heterocycles. The van der Waals surface area contributed by atoms with Gasteiger partial charge in [0.1, 0.15) is 30.9 Å². The van der Waals surface area contributed by atoms with Crippen LogP contribution in [0.4, 0.5) is 8.78 Å². The van der Waals surface area contributed by atoms with Crippen LogP contribution in [0.3, 0.4) is 0 Å². The molecule has 3 aromatic rings. The number of rotatable bonds is 7. The van der Waals surface area contributed by atoms with Crippen molar-refractivity contribution in [2.45, 2.75) is 50.9 Å². The molecule has 3 unspecified atom stereocenters. The molecular formula is C22H24F2N6O3. The summed E-state index contributed by atoms with van der Waals surface area (Å²) in [6.07, 6.45) is 2.55. The van der Waals surface area contributed by atoms with Crippen molar-refractivity contribution in [3.05, 3.63) is 65.6 Å². The molecule has 3 atom stereocenters. The lowest BCUT2D eigenvalue weighted by Crippen LogP contribution is -2.47. The van der Waals surface area contributed by atoms with Gasteiger partial charge < -0.3 is 14.6 Å². The van der Waals surface area contributed by atoms with Gasteiger partial charge in [0, 0.05) is 18.2 Å². The Balaban J connectivity index is 1.56. The number of pyridine rings is 1. The molecule has 1 fully saturated rings. The molecule has 2 amide bonds. The fraction of sp³-hybridized carbons (Fsp3) is 0.409. The fourth-order valence-corrected chi connectivity index (χ4v) is 3.91. The topological polar surface area (TPSA) is 117 Å². The zero-order valence-electron chi connectivity index (χ0n) is 18.2. The largest absolute Gasteiger partial charge is 0.448 e. The van der Waals surface area contributed by atoms with Crippen molar-refractivity contribution < 1.29 is 22.8 Å². The first-order chi connectivity index (χ1) is 15.8. The van der Waals surface area contributed by atoms with E-state index in [9.17, 15) is 18.4 Å². The first-order valence-electron chi connectivity index (χ1n) is 10.6. The Morgan fingerprint density at radius 2 is 2.12 bits per heavy atom. The summed E-state index contributed by atoms with van der Waals surface area (Å²) < 4.78 is 33.9. The SMILES string of the molecule is CC(C)c1ccc(C(NC(=O)C2CC(F)CN2C(=O)Cc2ncco2)c2ccn[nH]2)nc1F. The lowest BCUT2D eigenvalue weighted by molar-refractivity contribution is -0.138. The minimum absolute atomic E-state index is 0.0602. The molecule has 2 N–H and O–H groups in total. The van der Waals surface area contributed by atoms with E-state index in [0.29, 0.717) is 11.3 Å². The zero-order chi connectivity index (χ0) is 23.5. The molecule has 4 heterocycles. The molecule has 0 aliphatic carbocycles. The molecule has 1 aliphatic heterocycles. The number of hydrogen-bond donors (Lipinski definition) is 2. The van der Waals surface area contributed by atoms with Crippen LogP contribution in [0.25, 0.3) is 0 Å². The maximum atomic E-state index is 14.6. The molecule has 11 heteroatoms. The van der Waals surface area contributed by atoms with Gasteiger partial charge in [0.2, 0.25) is 23.7 Å². The molecule has 0 radical (unpaired) electrons. The first-order valence-corrected chi connectivity index (χ1v) is 10.6. The van der Waals surface area contributed by atoms with Crippen molar-refractivity contribution in [1.29, 1.82) is 0 Å². The van der Waals surface area contributed by atoms with Crippen molar-refractivity contribution in [2.24, 2.45) is 0 Å². The quantitative estimate of drug-likeness (QED) is 0.526. The Labute approximate surface area is 188 Å². The summed E-state index contributed by atoms with van der Waals surface area (Å²) in [5.74, 6) is -1.56. The molecule has 0 bridgehead atoms. The van der Waals surface area contributed by atoms with E-state index in [1.807, 2.05) is 13.8 Å². The molecular weight excluding hydrogens is 434 g/mol. The van der Waals surface area contributed by atoms with E-state index in [1.54, 1.807) is 18.2 Å². The monoisotopic (exact) mass is 458 g/mol. The van der Waals surface area contributed by atoms with Crippen molar-refractivity contribution in [2.75, 3.05) is 6.54 Å². The summed E-state index contributed by atoms with van der Waals surface area (Å²) in [5, 5.41) is 9.44. The Hall–Kier alpha value is -3.63. The van der Waals surface area contributed by atoms with E-state index >= 15 is 0 Å². The number of carbonyl (C=O) groups excluding carboxylic acids is 2. The van der Waals surface area contributed by atoms with E-state index < -0.39 is 36.0 Å². The Morgan fingerprint density at radius 1 is 1.30 bits per heavy atom. The fourth-order valence-electron chi connectivity index (χ4n) is 3.91. The van der Waals surface area contributed by atoms with Crippen LogP contribution in [-0.4, -0.2) is 55.6 Å². The van der Waals surface area contributed by atoms with Crippen LogP contribution in [0.1, 0.15) is 55.1 Å². The number of H-pyrrole nitrogens is 1. The molecule has 33 heavy (non-hydrogen) atoms. The van der Waals surface area contributed by atoms with E-state index in [4.69, 9.17) is 4.42 Å². The van der Waals surface area contributed by atoms with Crippen LogP contribution in [0.5, 0.6) is 0 Å². The number of likely N-dealkylation sites (tertiary alicyclic amines) is 1. The van der Waals surface area contributed by atoms with Crippen LogP contribution in [0.15, 0.2) is 41.3 Å². The number of halogens is 2. The highest BCUT2D eigenvalue weighted by Gasteiger charge is 2.41. The number of oxazole rings is 1. The number of nitrogens with one attached hydrogen (secondary N) is 2. The average Bonchev–Trinajstić information content (AvgIpc) is 3.53. The lowest BCUT2D eigenvalue weighted by Gasteiger charge is -2.26. The standard InChI is InChI=1S/C22H24F2N6O3/c1-12(2)14-3-4-15(27-21(14)24)20(16-5-6-26-29-16)28-22(32)17-9-13(23)11-30(17)19(31)10-18-25-7-8-33-18/h3-8,12-13,17,20H,9-11H2,1-2H3,(H,26,29)(H,28,32). The Kier molecular flexibility index (Phi) is 6.47. The van der Waals surface area contributed by atoms with Gasteiger partial charge in [-0.2, -0.15) is 9.49 Å². The van der Waals surface area contributed by atoms with Crippen LogP contribution >= 0.6 is 0 Å². The minimum atomic E-state index is -1.35. The van der Waals surface area contributed by atoms with Crippen LogP contribution in [-0.2, 0) is 16.0 Å². The smallest absolute Gasteiger partial charge is 0.243 e. The summed E-state index contributed by atoms with van der Waals surface area (Å²) in [4.78, 5) is 35.0. The highest BCUT2D eigenvalue weighted by molar-refractivity contribution is 5.89. The third-order valence-corrected chi connectivity index (χ3v) is 5.60. The summed E-state index contributed by atoms with van der Waals surface area (Å²) >= 11 is 0. The van der Waals surface area contributed by atoms with Crippen molar-refractivity contribution >= 4 is 11.8 Å². The molecule has 4 rings (SSSR count). The second-order valence-corrected chi connectivity index (χ2v) is 8.22. The maximum absolute atomic E-state index is 14.6. The molecule has 174 valence electrons. The van der Waals surface area contributed by atoms with Gasteiger partial charge in [-0.3, -0.25) is 14.7 Å².